The fraction of sp³-hybridized carbons (Fsp3) is 0.294. The van der Waals surface area contributed by atoms with E-state index in [9.17, 15) is 15.0 Å². The number of halogens is 1. The minimum atomic E-state index is -0.962. The Hall–Kier alpha value is -3.50. The number of pyridine rings is 1. The molecule has 0 fully saturated rings. The van der Waals surface area contributed by atoms with Gasteiger partial charge in [0.15, 0.2) is 0 Å². The highest BCUT2D eigenvalue weighted by Crippen LogP contribution is 2.37. The van der Waals surface area contributed by atoms with Gasteiger partial charge in [0, 0.05) is 27.8 Å². The summed E-state index contributed by atoms with van der Waals surface area (Å²) in [5.41, 5.74) is 3.64. The van der Waals surface area contributed by atoms with Crippen molar-refractivity contribution in [3.8, 4) is 18.1 Å². The first-order valence-corrected chi connectivity index (χ1v) is 14.9. The number of ether oxygens (including phenoxy) is 1. The van der Waals surface area contributed by atoms with Crippen molar-refractivity contribution in [1.29, 1.82) is 0 Å². The van der Waals surface area contributed by atoms with Crippen molar-refractivity contribution in [2.24, 2.45) is 5.92 Å². The van der Waals surface area contributed by atoms with Gasteiger partial charge in [0.05, 0.1) is 22.7 Å². The highest BCUT2D eigenvalue weighted by molar-refractivity contribution is 7.99. The van der Waals surface area contributed by atoms with Gasteiger partial charge in [0.25, 0.3) is 0 Å². The van der Waals surface area contributed by atoms with Gasteiger partial charge in [0.1, 0.15) is 12.4 Å². The quantitative estimate of drug-likeness (QED) is 0.155. The number of aliphatic carboxylic acids is 1. The normalized spacial score (nSPS) is 13.0. The van der Waals surface area contributed by atoms with Crippen molar-refractivity contribution in [2.75, 3.05) is 5.75 Å². The molecule has 212 valence electrons. The molecule has 0 aliphatic heterocycles. The molecule has 3 aromatic carbocycles. The monoisotopic (exact) mass is 587 g/mol. The van der Waals surface area contributed by atoms with Crippen LogP contribution in [0.1, 0.15) is 54.3 Å². The number of nitrogens with zero attached hydrogens (tertiary/aromatic N) is 1. The second-order valence-electron chi connectivity index (χ2n) is 10.5. The third-order valence-corrected chi connectivity index (χ3v) is 8.63. The lowest BCUT2D eigenvalue weighted by molar-refractivity contribution is -0.140. The van der Waals surface area contributed by atoms with Gasteiger partial charge in [-0.25, -0.2) is 4.98 Å². The second kappa shape index (κ2) is 13.9. The number of benzene rings is 3. The van der Waals surface area contributed by atoms with E-state index in [0.29, 0.717) is 23.1 Å². The van der Waals surface area contributed by atoms with E-state index in [0.717, 1.165) is 46.1 Å². The number of terminal acetylenes is 1. The Balaban J connectivity index is 1.53. The number of hydrogen-bond donors (Lipinski definition) is 2. The van der Waals surface area contributed by atoms with Crippen LogP contribution in [-0.4, -0.2) is 26.9 Å². The third kappa shape index (κ3) is 8.50. The number of hydrogen-bond acceptors (Lipinski definition) is 5. The minimum absolute atomic E-state index is 0.00558. The molecule has 1 heterocycles. The molecule has 2 unspecified atom stereocenters. The van der Waals surface area contributed by atoms with Crippen LogP contribution in [0.2, 0.25) is 5.02 Å². The number of carboxylic acids is 1. The van der Waals surface area contributed by atoms with Crippen LogP contribution in [0.15, 0.2) is 78.9 Å². The predicted molar refractivity (Wildman–Crippen MR) is 167 cm³/mol. The minimum Gasteiger partial charge on any atom is -0.487 e. The van der Waals surface area contributed by atoms with Crippen molar-refractivity contribution in [1.82, 2.24) is 4.98 Å². The second-order valence-corrected chi connectivity index (χ2v) is 12.2. The number of aryl methyl sites for hydroxylation is 1. The third-order valence-electron chi connectivity index (χ3n) is 6.89. The fourth-order valence-electron chi connectivity index (χ4n) is 4.73. The van der Waals surface area contributed by atoms with Crippen molar-refractivity contribution < 1.29 is 19.7 Å². The molecule has 2 N–H and O–H groups in total. The summed E-state index contributed by atoms with van der Waals surface area (Å²) in [6.45, 7) is 3.87. The Morgan fingerprint density at radius 1 is 1.10 bits per heavy atom. The number of aromatic nitrogens is 1. The molecule has 0 saturated heterocycles. The van der Waals surface area contributed by atoms with Crippen LogP contribution < -0.4 is 4.74 Å². The molecule has 4 aromatic rings. The van der Waals surface area contributed by atoms with Gasteiger partial charge in [-0.1, -0.05) is 60.1 Å². The molecule has 0 radical (unpaired) electrons. The van der Waals surface area contributed by atoms with E-state index in [1.54, 1.807) is 25.6 Å². The summed E-state index contributed by atoms with van der Waals surface area (Å²) in [5, 5.41) is 22.0. The van der Waals surface area contributed by atoms with Gasteiger partial charge >= 0.3 is 5.97 Å². The number of carbonyl (C=O) groups is 1. The highest BCUT2D eigenvalue weighted by Gasteiger charge is 2.23. The first kappa shape index (κ1) is 30.5. The first-order valence-electron chi connectivity index (χ1n) is 13.5. The largest absolute Gasteiger partial charge is 0.487 e. The zero-order chi connectivity index (χ0) is 29.4. The maximum Gasteiger partial charge on any atom is 0.308 e. The van der Waals surface area contributed by atoms with E-state index < -0.39 is 17.5 Å². The molecule has 2 atom stereocenters. The van der Waals surface area contributed by atoms with Gasteiger partial charge in [0.2, 0.25) is 0 Å². The molecular weight excluding hydrogens is 554 g/mol. The summed E-state index contributed by atoms with van der Waals surface area (Å²) < 4.78 is 6.13. The average Bonchev–Trinajstić information content (AvgIpc) is 2.95. The Labute approximate surface area is 250 Å². The smallest absolute Gasteiger partial charge is 0.308 e. The number of thioether (sulfide) groups is 1. The molecule has 0 bridgehead atoms. The van der Waals surface area contributed by atoms with E-state index >= 15 is 0 Å². The summed E-state index contributed by atoms with van der Waals surface area (Å²) in [7, 11) is 0. The summed E-state index contributed by atoms with van der Waals surface area (Å²) in [5.74, 6) is 2.09. The van der Waals surface area contributed by atoms with Crippen molar-refractivity contribution in [2.45, 2.75) is 50.6 Å². The van der Waals surface area contributed by atoms with Crippen molar-refractivity contribution in [3.05, 3.63) is 106 Å². The molecule has 7 heteroatoms. The number of rotatable bonds is 13. The van der Waals surface area contributed by atoms with Crippen molar-refractivity contribution >= 4 is 40.2 Å². The van der Waals surface area contributed by atoms with E-state index in [1.165, 1.54) is 0 Å². The topological polar surface area (TPSA) is 79.7 Å². The molecule has 0 spiro atoms. The highest BCUT2D eigenvalue weighted by atomic mass is 35.5. The lowest BCUT2D eigenvalue weighted by atomic mass is 9.90. The Bertz CT molecular complexity index is 1540. The van der Waals surface area contributed by atoms with E-state index in [2.05, 4.69) is 10.9 Å². The van der Waals surface area contributed by atoms with Gasteiger partial charge in [-0.15, -0.1) is 12.3 Å². The number of carboxylic acid groups (broad SMARTS) is 1. The standard InChI is InChI=1S/C34H34ClNO4S/c1-4-8-26(33(37)38)22-41-32(18-15-23-9-5-6-12-30(23)34(2,3)39)25-10-7-11-29(19-25)40-21-28-17-14-24-13-16-27(35)20-31(24)36-28/h1,5-7,9-14,16-17,19-20,26,32,39H,8,15,18,21-22H2,2-3H3,(H,37,38). The number of fused-ring (bicyclic) bond motifs is 1. The maximum absolute atomic E-state index is 11.8. The summed E-state index contributed by atoms with van der Waals surface area (Å²) in [6.07, 6.45) is 7.09. The average molecular weight is 588 g/mol. The Morgan fingerprint density at radius 2 is 1.88 bits per heavy atom. The van der Waals surface area contributed by atoms with Crippen LogP contribution >= 0.6 is 23.4 Å². The zero-order valence-electron chi connectivity index (χ0n) is 23.2. The molecule has 41 heavy (non-hydrogen) atoms. The predicted octanol–water partition coefficient (Wildman–Crippen LogP) is 7.83. The van der Waals surface area contributed by atoms with Crippen molar-refractivity contribution in [3.63, 3.8) is 0 Å². The maximum atomic E-state index is 11.8. The van der Waals surface area contributed by atoms with E-state index in [1.807, 2.05) is 78.9 Å². The summed E-state index contributed by atoms with van der Waals surface area (Å²) in [6, 6.07) is 25.4. The zero-order valence-corrected chi connectivity index (χ0v) is 24.8. The summed E-state index contributed by atoms with van der Waals surface area (Å²) >= 11 is 7.73. The Kier molecular flexibility index (Phi) is 10.3. The van der Waals surface area contributed by atoms with Crippen LogP contribution in [0.4, 0.5) is 0 Å². The Morgan fingerprint density at radius 3 is 2.63 bits per heavy atom. The van der Waals surface area contributed by atoms with Crippen LogP contribution in [-0.2, 0) is 23.4 Å². The molecule has 1 aromatic heterocycles. The van der Waals surface area contributed by atoms with E-state index in [4.69, 9.17) is 22.8 Å². The SMILES string of the molecule is C#CCC(CSC(CCc1ccccc1C(C)(C)O)c1cccc(OCc2ccc3ccc(Cl)cc3n2)c1)C(=O)O. The van der Waals surface area contributed by atoms with Crippen LogP contribution in [0.5, 0.6) is 5.75 Å². The van der Waals surface area contributed by atoms with Crippen LogP contribution in [0.25, 0.3) is 10.9 Å². The number of aliphatic hydroxyl groups is 1. The van der Waals surface area contributed by atoms with E-state index in [-0.39, 0.29) is 11.7 Å². The molecule has 5 nitrogen and oxygen atoms in total. The molecular formula is C34H34ClNO4S. The summed E-state index contributed by atoms with van der Waals surface area (Å²) in [4.78, 5) is 16.5. The first-order chi connectivity index (χ1) is 19.6. The lowest BCUT2D eigenvalue weighted by Gasteiger charge is -2.24. The van der Waals surface area contributed by atoms with Crippen LogP contribution in [0.3, 0.4) is 0 Å². The van der Waals surface area contributed by atoms with Gasteiger partial charge in [-0.2, -0.15) is 11.8 Å². The van der Waals surface area contributed by atoms with Gasteiger partial charge in [-0.05, 0) is 73.7 Å². The van der Waals surface area contributed by atoms with Crippen LogP contribution in [0, 0.1) is 18.3 Å². The molecule has 0 aliphatic rings. The molecule has 0 aliphatic carbocycles. The molecule has 4 rings (SSSR count). The molecule has 0 saturated carbocycles. The fourth-order valence-corrected chi connectivity index (χ4v) is 6.25. The lowest BCUT2D eigenvalue weighted by Crippen LogP contribution is -2.18. The van der Waals surface area contributed by atoms with Gasteiger partial charge in [-0.3, -0.25) is 4.79 Å². The van der Waals surface area contributed by atoms with Gasteiger partial charge < -0.3 is 14.9 Å². The molecule has 0 amide bonds.